The Labute approximate surface area is 131 Å². The van der Waals surface area contributed by atoms with Crippen LogP contribution in [-0.2, 0) is 16.0 Å². The van der Waals surface area contributed by atoms with Crippen molar-refractivity contribution in [3.8, 4) is 0 Å². The van der Waals surface area contributed by atoms with E-state index in [4.69, 9.17) is 0 Å². The molecular weight excluding hydrogens is 304 g/mol. The van der Waals surface area contributed by atoms with E-state index in [-0.39, 0.29) is 17.9 Å². The summed E-state index contributed by atoms with van der Waals surface area (Å²) >= 11 is 1.21. The van der Waals surface area contributed by atoms with Gasteiger partial charge in [0.1, 0.15) is 5.00 Å². The highest BCUT2D eigenvalue weighted by molar-refractivity contribution is 7.14. The van der Waals surface area contributed by atoms with Crippen molar-refractivity contribution in [2.75, 3.05) is 12.4 Å². The van der Waals surface area contributed by atoms with Gasteiger partial charge in [-0.05, 0) is 17.0 Å². The molecule has 2 rings (SSSR count). The molecule has 3 amide bonds. The van der Waals surface area contributed by atoms with Crippen molar-refractivity contribution < 1.29 is 19.1 Å². The maximum absolute atomic E-state index is 12.0. The fourth-order valence-corrected chi connectivity index (χ4v) is 2.55. The third kappa shape index (κ3) is 4.16. The van der Waals surface area contributed by atoms with Gasteiger partial charge < -0.3 is 10.1 Å². The topological polar surface area (TPSA) is 84.5 Å². The SMILES string of the molecule is COC(=O)NC(=O)c1ccsc1NC(=O)Cc1ccccc1. The van der Waals surface area contributed by atoms with E-state index in [2.05, 4.69) is 15.4 Å². The molecule has 0 fully saturated rings. The first-order valence-corrected chi connectivity index (χ1v) is 7.28. The van der Waals surface area contributed by atoms with Crippen molar-refractivity contribution in [2.45, 2.75) is 6.42 Å². The second-order valence-corrected chi connectivity index (χ2v) is 5.24. The fourth-order valence-electron chi connectivity index (χ4n) is 1.75. The number of anilines is 1. The average molecular weight is 318 g/mol. The van der Waals surface area contributed by atoms with Gasteiger partial charge in [-0.3, -0.25) is 14.9 Å². The van der Waals surface area contributed by atoms with Gasteiger partial charge in [-0.25, -0.2) is 4.79 Å². The summed E-state index contributed by atoms with van der Waals surface area (Å²) < 4.78 is 4.36. The number of hydrogen-bond donors (Lipinski definition) is 2. The number of benzene rings is 1. The van der Waals surface area contributed by atoms with Crippen LogP contribution in [0.4, 0.5) is 9.80 Å². The van der Waals surface area contributed by atoms with Crippen molar-refractivity contribution in [3.05, 3.63) is 52.9 Å². The molecular formula is C15H14N2O4S. The van der Waals surface area contributed by atoms with E-state index in [1.54, 1.807) is 5.38 Å². The highest BCUT2D eigenvalue weighted by atomic mass is 32.1. The standard InChI is InChI=1S/C15H14N2O4S/c1-21-15(20)17-13(19)11-7-8-22-14(11)16-12(18)9-10-5-3-2-4-6-10/h2-8H,9H2,1H3,(H,16,18)(H,17,19,20). The molecule has 1 aromatic heterocycles. The van der Waals surface area contributed by atoms with E-state index in [1.165, 1.54) is 24.5 Å². The highest BCUT2D eigenvalue weighted by Gasteiger charge is 2.17. The Hall–Kier alpha value is -2.67. The summed E-state index contributed by atoms with van der Waals surface area (Å²) in [7, 11) is 1.17. The molecule has 0 aliphatic heterocycles. The van der Waals surface area contributed by atoms with Crippen LogP contribution in [0.1, 0.15) is 15.9 Å². The Bertz CT molecular complexity index is 682. The van der Waals surface area contributed by atoms with Gasteiger partial charge in [0.15, 0.2) is 0 Å². The minimum atomic E-state index is -0.849. The molecule has 0 aliphatic rings. The molecule has 1 aromatic carbocycles. The van der Waals surface area contributed by atoms with Crippen LogP contribution in [0.3, 0.4) is 0 Å². The Morgan fingerprint density at radius 3 is 2.55 bits per heavy atom. The second kappa shape index (κ2) is 7.37. The number of ether oxygens (including phenoxy) is 1. The highest BCUT2D eigenvalue weighted by Crippen LogP contribution is 2.23. The fraction of sp³-hybridized carbons (Fsp3) is 0.133. The number of carbonyl (C=O) groups excluding carboxylic acids is 3. The van der Waals surface area contributed by atoms with Gasteiger partial charge in [-0.2, -0.15) is 0 Å². The second-order valence-electron chi connectivity index (χ2n) is 4.32. The third-order valence-corrected chi connectivity index (χ3v) is 3.60. The lowest BCUT2D eigenvalue weighted by Gasteiger charge is -2.06. The molecule has 0 spiro atoms. The van der Waals surface area contributed by atoms with Crippen LogP contribution < -0.4 is 10.6 Å². The lowest BCUT2D eigenvalue weighted by Crippen LogP contribution is -2.30. The summed E-state index contributed by atoms with van der Waals surface area (Å²) in [5, 5.41) is 6.78. The monoisotopic (exact) mass is 318 g/mol. The zero-order chi connectivity index (χ0) is 15.9. The van der Waals surface area contributed by atoms with Gasteiger partial charge >= 0.3 is 6.09 Å². The van der Waals surface area contributed by atoms with Crippen molar-refractivity contribution >= 4 is 34.2 Å². The summed E-state index contributed by atoms with van der Waals surface area (Å²) in [4.78, 5) is 34.9. The first kappa shape index (κ1) is 15.7. The Morgan fingerprint density at radius 2 is 1.86 bits per heavy atom. The largest absolute Gasteiger partial charge is 0.453 e. The third-order valence-electron chi connectivity index (χ3n) is 2.77. The van der Waals surface area contributed by atoms with E-state index >= 15 is 0 Å². The summed E-state index contributed by atoms with van der Waals surface area (Å²) in [5.41, 5.74) is 1.09. The van der Waals surface area contributed by atoms with Crippen molar-refractivity contribution in [1.82, 2.24) is 5.32 Å². The number of imide groups is 1. The van der Waals surface area contributed by atoms with Crippen LogP contribution in [0.25, 0.3) is 0 Å². The number of rotatable bonds is 4. The molecule has 0 aliphatic carbocycles. The van der Waals surface area contributed by atoms with Gasteiger partial charge in [-0.15, -0.1) is 11.3 Å². The zero-order valence-corrected chi connectivity index (χ0v) is 12.6. The Morgan fingerprint density at radius 1 is 1.14 bits per heavy atom. The van der Waals surface area contributed by atoms with Crippen molar-refractivity contribution in [3.63, 3.8) is 0 Å². The van der Waals surface area contributed by atoms with E-state index in [0.29, 0.717) is 5.00 Å². The lowest BCUT2D eigenvalue weighted by molar-refractivity contribution is -0.115. The van der Waals surface area contributed by atoms with Crippen LogP contribution in [0.5, 0.6) is 0 Å². The maximum Gasteiger partial charge on any atom is 0.413 e. The van der Waals surface area contributed by atoms with Gasteiger partial charge in [0.25, 0.3) is 5.91 Å². The van der Waals surface area contributed by atoms with E-state index in [0.717, 1.165) is 5.56 Å². The molecule has 6 nitrogen and oxygen atoms in total. The van der Waals surface area contributed by atoms with Gasteiger partial charge in [0.05, 0.1) is 19.1 Å². The Balaban J connectivity index is 2.02. The molecule has 0 saturated carbocycles. The number of thiophene rings is 1. The number of nitrogens with one attached hydrogen (secondary N) is 2. The summed E-state index contributed by atoms with van der Waals surface area (Å²) in [6.07, 6.45) is -0.644. The van der Waals surface area contributed by atoms with Crippen LogP contribution in [0.15, 0.2) is 41.8 Å². The molecule has 7 heteroatoms. The molecule has 2 aromatic rings. The number of hydrogen-bond acceptors (Lipinski definition) is 5. The Kier molecular flexibility index (Phi) is 5.26. The predicted molar refractivity (Wildman–Crippen MR) is 83.0 cm³/mol. The van der Waals surface area contributed by atoms with E-state index in [1.807, 2.05) is 30.3 Å². The first-order valence-electron chi connectivity index (χ1n) is 6.40. The minimum Gasteiger partial charge on any atom is -0.453 e. The van der Waals surface area contributed by atoms with Crippen molar-refractivity contribution in [2.24, 2.45) is 0 Å². The minimum absolute atomic E-state index is 0.205. The number of alkyl carbamates (subject to hydrolysis) is 1. The molecule has 114 valence electrons. The molecule has 0 bridgehead atoms. The van der Waals surface area contributed by atoms with Crippen LogP contribution in [0.2, 0.25) is 0 Å². The van der Waals surface area contributed by atoms with Gasteiger partial charge in [0.2, 0.25) is 5.91 Å². The smallest absolute Gasteiger partial charge is 0.413 e. The molecule has 1 heterocycles. The maximum atomic E-state index is 12.0. The van der Waals surface area contributed by atoms with Crippen LogP contribution >= 0.6 is 11.3 Å². The number of methoxy groups -OCH3 is 1. The predicted octanol–water partition coefficient (Wildman–Crippen LogP) is 2.43. The summed E-state index contributed by atoms with van der Waals surface area (Å²) in [5.74, 6) is -0.858. The number of amides is 3. The lowest BCUT2D eigenvalue weighted by atomic mass is 10.1. The van der Waals surface area contributed by atoms with Gasteiger partial charge in [0, 0.05) is 0 Å². The zero-order valence-electron chi connectivity index (χ0n) is 11.8. The molecule has 0 radical (unpaired) electrons. The molecule has 2 N–H and O–H groups in total. The summed E-state index contributed by atoms with van der Waals surface area (Å²) in [6, 6.07) is 10.8. The quantitative estimate of drug-likeness (QED) is 0.906. The van der Waals surface area contributed by atoms with Gasteiger partial charge in [-0.1, -0.05) is 30.3 Å². The molecule has 0 unspecified atom stereocenters. The molecule has 0 atom stereocenters. The van der Waals surface area contributed by atoms with E-state index < -0.39 is 12.0 Å². The molecule has 22 heavy (non-hydrogen) atoms. The van der Waals surface area contributed by atoms with Crippen LogP contribution in [0, 0.1) is 0 Å². The van der Waals surface area contributed by atoms with Crippen LogP contribution in [-0.4, -0.2) is 25.0 Å². The van der Waals surface area contributed by atoms with E-state index in [9.17, 15) is 14.4 Å². The van der Waals surface area contributed by atoms with Crippen molar-refractivity contribution in [1.29, 1.82) is 0 Å². The normalized spacial score (nSPS) is 9.86. The summed E-state index contributed by atoms with van der Waals surface area (Å²) in [6.45, 7) is 0. The first-order chi connectivity index (χ1) is 10.6. The average Bonchev–Trinajstić information content (AvgIpc) is 2.96. The molecule has 0 saturated heterocycles. The number of carbonyl (C=O) groups is 3.